The maximum absolute atomic E-state index is 13.8. The zero-order valence-electron chi connectivity index (χ0n) is 69.8. The third-order valence-corrected chi connectivity index (χ3v) is 22.5. The van der Waals surface area contributed by atoms with Gasteiger partial charge in [-0.3, -0.25) is 38.4 Å². The van der Waals surface area contributed by atoms with E-state index >= 15 is 0 Å². The Morgan fingerprint density at radius 2 is 0.342 bits per heavy atom. The number of carbonyl (C=O) groups is 12. The van der Waals surface area contributed by atoms with Gasteiger partial charge in [-0.1, -0.05) is 24.3 Å². The largest absolute Gasteiger partial charge is 0.338 e. The van der Waals surface area contributed by atoms with Crippen molar-refractivity contribution in [3.63, 3.8) is 0 Å². The molecular formula is C92H104N16O12. The van der Waals surface area contributed by atoms with Gasteiger partial charge in [-0.2, -0.15) is 0 Å². The minimum absolute atomic E-state index is 0.241. The molecule has 0 atom stereocenters. The molecule has 8 aromatic rings. The molecule has 120 heavy (non-hydrogen) atoms. The minimum Gasteiger partial charge on any atom is -0.338 e. The van der Waals surface area contributed by atoms with Crippen molar-refractivity contribution < 1.29 is 57.5 Å². The van der Waals surface area contributed by atoms with E-state index in [-0.39, 0.29) is 95.8 Å². The van der Waals surface area contributed by atoms with E-state index in [1.54, 1.807) is 0 Å². The van der Waals surface area contributed by atoms with Crippen LogP contribution in [-0.4, -0.2) is 124 Å². The van der Waals surface area contributed by atoms with E-state index in [1.165, 1.54) is 55.4 Å². The highest BCUT2D eigenvalue weighted by Crippen LogP contribution is 2.62. The topological polar surface area (TPSA) is 397 Å². The number of rotatable bonds is 28. The van der Waals surface area contributed by atoms with E-state index in [1.807, 2.05) is 76.2 Å². The van der Waals surface area contributed by atoms with Crippen LogP contribution in [0.3, 0.4) is 0 Å². The fraction of sp³-hybridized carbons (Fsp3) is 0.348. The second-order valence-electron chi connectivity index (χ2n) is 31.3. The number of benzene rings is 8. The number of hydrogen-bond acceptors (Lipinski definition) is 12. The summed E-state index contributed by atoms with van der Waals surface area (Å²) in [4.78, 5) is 165. The highest BCUT2D eigenvalue weighted by Gasteiger charge is 2.41. The summed E-state index contributed by atoms with van der Waals surface area (Å²) >= 11 is 0. The fourth-order valence-electron chi connectivity index (χ4n) is 18.1. The number of urea groups is 4. The average molecular weight is 1630 g/mol. The Morgan fingerprint density at radius 3 is 0.467 bits per heavy atom. The molecule has 0 saturated heterocycles. The molecule has 28 nitrogen and oxygen atoms in total. The molecule has 0 aliphatic heterocycles. The van der Waals surface area contributed by atoms with Crippen molar-refractivity contribution in [2.75, 3.05) is 94.9 Å². The monoisotopic (exact) mass is 1620 g/mol. The molecular weight excluding hydrogens is 1520 g/mol. The van der Waals surface area contributed by atoms with Crippen LogP contribution in [0.5, 0.6) is 0 Å². The fourth-order valence-corrected chi connectivity index (χ4v) is 18.1. The Morgan fingerprint density at radius 1 is 0.200 bits per heavy atom. The van der Waals surface area contributed by atoms with E-state index in [9.17, 15) is 57.5 Å². The predicted molar refractivity (Wildman–Crippen MR) is 471 cm³/mol. The number of carbonyl (C=O) groups excluding carboxylic acids is 12. The van der Waals surface area contributed by atoms with Crippen molar-refractivity contribution >= 4 is 117 Å². The number of anilines is 8. The first-order chi connectivity index (χ1) is 57.5. The quantitative estimate of drug-likeness (QED) is 0.0204. The van der Waals surface area contributed by atoms with Crippen LogP contribution in [0, 0.1) is 0 Å². The van der Waals surface area contributed by atoms with E-state index < -0.39 is 70.9 Å². The summed E-state index contributed by atoms with van der Waals surface area (Å²) in [7, 11) is 0. The lowest BCUT2D eigenvalue weighted by Crippen LogP contribution is -2.35. The van der Waals surface area contributed by atoms with E-state index in [0.29, 0.717) is 167 Å². The Hall–Kier alpha value is -13.4. The van der Waals surface area contributed by atoms with Crippen molar-refractivity contribution in [3.8, 4) is 89.0 Å². The van der Waals surface area contributed by atoms with Crippen molar-refractivity contribution in [1.29, 1.82) is 0 Å². The van der Waals surface area contributed by atoms with Gasteiger partial charge in [0.2, 0.25) is 47.3 Å². The third-order valence-electron chi connectivity index (χ3n) is 22.5. The van der Waals surface area contributed by atoms with Crippen LogP contribution in [0.15, 0.2) is 97.1 Å². The lowest BCUT2D eigenvalue weighted by molar-refractivity contribution is -0.115. The molecule has 8 aromatic carbocycles. The first kappa shape index (κ1) is 84.5. The predicted octanol–water partition coefficient (Wildman–Crippen LogP) is 15.2. The molecule has 0 spiro atoms. The van der Waals surface area contributed by atoms with Crippen LogP contribution >= 0.6 is 0 Å². The number of nitrogens with one attached hydrogen (secondary N) is 16. The van der Waals surface area contributed by atoms with E-state index in [2.05, 4.69) is 134 Å². The summed E-state index contributed by atoms with van der Waals surface area (Å²) in [6.45, 7) is 21.0. The number of hydrogen-bond donors (Lipinski definition) is 16. The maximum atomic E-state index is 13.8. The van der Waals surface area contributed by atoms with Gasteiger partial charge in [-0.15, -0.1) is 0 Å². The zero-order chi connectivity index (χ0) is 85.7. The molecule has 0 unspecified atom stereocenters. The second kappa shape index (κ2) is 36.2. The highest BCUT2D eigenvalue weighted by atomic mass is 16.2. The van der Waals surface area contributed by atoms with Crippen molar-refractivity contribution in [1.82, 2.24) is 42.5 Å². The van der Waals surface area contributed by atoms with Crippen LogP contribution in [0.4, 0.5) is 64.7 Å². The lowest BCUT2D eigenvalue weighted by Gasteiger charge is -2.30. The van der Waals surface area contributed by atoms with Gasteiger partial charge >= 0.3 is 24.1 Å². The molecule has 16 amide bonds. The second-order valence-corrected chi connectivity index (χ2v) is 31.3. The van der Waals surface area contributed by atoms with E-state index in [4.69, 9.17) is 0 Å². The first-order valence-electron chi connectivity index (χ1n) is 41.3. The number of amides is 16. The van der Waals surface area contributed by atoms with Crippen LogP contribution < -0.4 is 85.1 Å². The molecule has 0 heterocycles. The average Bonchev–Trinajstić information content (AvgIpc) is 1.54. The molecule has 8 bridgehead atoms. The van der Waals surface area contributed by atoms with Crippen molar-refractivity contribution in [2.45, 2.75) is 158 Å². The smallest absolute Gasteiger partial charge is 0.314 e. The van der Waals surface area contributed by atoms with Crippen molar-refractivity contribution in [3.05, 3.63) is 142 Å². The molecule has 0 fully saturated rings. The Kier molecular flexibility index (Phi) is 25.5. The lowest BCUT2D eigenvalue weighted by atomic mass is 9.74. The Balaban J connectivity index is 1.31. The molecule has 0 radical (unpaired) electrons. The summed E-state index contributed by atoms with van der Waals surface area (Å²) in [5.74, 6) is -5.76. The molecule has 624 valence electrons. The first-order valence-corrected chi connectivity index (χ1v) is 41.3. The summed E-state index contributed by atoms with van der Waals surface area (Å²) in [6, 6.07) is 31.5. The Bertz CT molecular complexity index is 4650. The minimum atomic E-state index is -0.588. The summed E-state index contributed by atoms with van der Waals surface area (Å²) < 4.78 is 0. The normalized spacial score (nSPS) is 14.4. The zero-order valence-corrected chi connectivity index (χ0v) is 69.8. The van der Waals surface area contributed by atoms with Gasteiger partial charge in [0.05, 0.1) is 45.5 Å². The van der Waals surface area contributed by atoms with Crippen LogP contribution in [0.1, 0.15) is 203 Å². The van der Waals surface area contributed by atoms with Gasteiger partial charge in [0.1, 0.15) is 0 Å². The van der Waals surface area contributed by atoms with Gasteiger partial charge < -0.3 is 85.1 Å². The summed E-state index contributed by atoms with van der Waals surface area (Å²) in [6.07, 6.45) is 3.27. The molecule has 5 aliphatic carbocycles. The molecule has 28 heteroatoms. The summed E-state index contributed by atoms with van der Waals surface area (Å²) in [5.41, 5.74) is 19.6. The van der Waals surface area contributed by atoms with Gasteiger partial charge in [0, 0.05) is 131 Å². The number of fused-ring (bicyclic) bond motifs is 12. The van der Waals surface area contributed by atoms with Gasteiger partial charge in [0.15, 0.2) is 0 Å². The van der Waals surface area contributed by atoms with Gasteiger partial charge in [0.25, 0.3) is 0 Å². The molecule has 0 saturated carbocycles. The molecule has 13 rings (SSSR count). The third kappa shape index (κ3) is 17.9. The van der Waals surface area contributed by atoms with Crippen molar-refractivity contribution in [2.24, 2.45) is 0 Å². The van der Waals surface area contributed by atoms with Crippen LogP contribution in [-0.2, 0) is 38.4 Å². The van der Waals surface area contributed by atoms with E-state index in [0.717, 1.165) is 44.5 Å². The Labute approximate surface area is 697 Å². The maximum Gasteiger partial charge on any atom is 0.314 e. The highest BCUT2D eigenvalue weighted by molar-refractivity contribution is 6.12. The van der Waals surface area contributed by atoms with Gasteiger partial charge in [-0.05, 0) is 285 Å². The van der Waals surface area contributed by atoms with Crippen LogP contribution in [0.2, 0.25) is 0 Å². The summed E-state index contributed by atoms with van der Waals surface area (Å²) in [5, 5.41) is 48.5. The molecule has 16 N–H and O–H groups in total. The standard InChI is InChI=1S/C92H104N16O12/c1-13-93-89(117)97-25-17-21-53-57-29-59-54(22-18-26-98-90(118)94-14-2)61-31-63-56(24-20-28-100-92(120)96-16-4)64-32-62-55(23-19-27-99-91(119)95-15-3)60-30-58(53)66-34-68(60)76-40-84(104-48(8)112)86(106-50(10)114)42-78(76)70(62)36-72(64)80-44-88(108-52(12)116)87(107-51(11)115)43-79(80)71(63)35-69(61)77-41-85(105-49(9)113)83(103-47(7)111)39-75(77)67(59)33-65(57)73-37-81(101-45(5)109)82(38-74(66)73)102-46(6)110/h29-44,53-56H,13-28H2,1-12H3,(H,101,109)(H,102,110)(H,103,111)(H,104,112)(H,105,113)(H,106,114)(H,107,115)(H,108,116)(H2,93,97,117)(H2,94,98,118)(H2,95,99,119)(H2,96,100,120). The van der Waals surface area contributed by atoms with Crippen LogP contribution in [0.25, 0.3) is 89.0 Å². The van der Waals surface area contributed by atoms with Gasteiger partial charge in [-0.25, -0.2) is 19.2 Å². The molecule has 5 aliphatic rings. The molecule has 0 aromatic heterocycles. The SMILES string of the molecule is CCNC(=O)NCCCC1c2cc3c4cc2-c2cc(NC(C)=O)c(NC(C)=O)cc2-c2cc5c(cc21)C(CCCNC(=O)NCC)c1cc2c(cc1-c1cc(NC(C)=O)c(NC(C)=O)cc1-5)-c1cc(NC(C)=O)c(NC(C)=O)cc1-c1cc(c(cc1C2CCCNC(=O)NCC)C3CCCNC(=O)NCC)-c1cc(NC(C)=O)c(NC(C)=O)cc1-4.